The number of hydrogen-bond acceptors (Lipinski definition) is 5. The first-order valence-corrected chi connectivity index (χ1v) is 8.90. The zero-order valence-electron chi connectivity index (χ0n) is 14.1. The predicted octanol–water partition coefficient (Wildman–Crippen LogP) is 2.50. The van der Waals surface area contributed by atoms with Gasteiger partial charge in [-0.15, -0.1) is 0 Å². The lowest BCUT2D eigenvalue weighted by molar-refractivity contribution is -0.384. The Morgan fingerprint density at radius 1 is 1.15 bits per heavy atom. The van der Waals surface area contributed by atoms with Crippen LogP contribution in [0.2, 0.25) is 0 Å². The fourth-order valence-electron chi connectivity index (χ4n) is 2.02. The molecule has 0 unspecified atom stereocenters. The summed E-state index contributed by atoms with van der Waals surface area (Å²) < 4.78 is 25.1. The van der Waals surface area contributed by atoms with E-state index in [4.69, 9.17) is 0 Å². The summed E-state index contributed by atoms with van der Waals surface area (Å²) in [7, 11) is -0.659. The Kier molecular flexibility index (Phi) is 5.86. The van der Waals surface area contributed by atoms with Gasteiger partial charge in [-0.25, -0.2) is 12.7 Å². The minimum absolute atomic E-state index is 0.0646. The van der Waals surface area contributed by atoms with E-state index in [2.05, 4.69) is 5.32 Å². The van der Waals surface area contributed by atoms with Crippen molar-refractivity contribution in [3.05, 3.63) is 70.3 Å². The van der Waals surface area contributed by atoms with Gasteiger partial charge in [-0.1, -0.05) is 12.1 Å². The molecule has 0 aliphatic carbocycles. The minimum atomic E-state index is -3.53. The maximum Gasteiger partial charge on any atom is 0.270 e. The van der Waals surface area contributed by atoms with Crippen molar-refractivity contribution in [2.75, 3.05) is 19.4 Å². The van der Waals surface area contributed by atoms with Crippen LogP contribution in [0, 0.1) is 10.1 Å². The molecule has 0 heterocycles. The average Bonchev–Trinajstić information content (AvgIpc) is 2.60. The Hall–Kier alpha value is -3.04. The molecule has 1 N–H and O–H groups in total. The predicted molar refractivity (Wildman–Crippen MR) is 98.1 cm³/mol. The average molecular weight is 375 g/mol. The van der Waals surface area contributed by atoms with Gasteiger partial charge in [-0.3, -0.25) is 14.9 Å². The number of nitrogens with zero attached hydrogens (tertiary/aromatic N) is 2. The van der Waals surface area contributed by atoms with E-state index in [0.29, 0.717) is 11.3 Å². The highest BCUT2D eigenvalue weighted by Crippen LogP contribution is 2.17. The number of sulfonamides is 1. The molecule has 0 bridgehead atoms. The van der Waals surface area contributed by atoms with Gasteiger partial charge >= 0.3 is 0 Å². The van der Waals surface area contributed by atoms with Crippen molar-refractivity contribution in [3.63, 3.8) is 0 Å². The molecule has 0 spiro atoms. The quantitative estimate of drug-likeness (QED) is 0.474. The molecular weight excluding hydrogens is 358 g/mol. The van der Waals surface area contributed by atoms with Crippen molar-refractivity contribution in [1.82, 2.24) is 4.31 Å². The van der Waals surface area contributed by atoms with Crippen molar-refractivity contribution in [1.29, 1.82) is 0 Å². The molecule has 8 nitrogen and oxygen atoms in total. The molecule has 0 radical (unpaired) electrons. The SMILES string of the molecule is CN(C)S(=O)(=O)c1ccc(NC(=O)/C=C/c2cccc([N+](=O)[O-])c2)cc1. The molecule has 0 aromatic heterocycles. The number of carbonyl (C=O) groups excluding carboxylic acids is 1. The Balaban J connectivity index is 2.06. The van der Waals surface area contributed by atoms with Crippen molar-refractivity contribution < 1.29 is 18.1 Å². The number of carbonyl (C=O) groups is 1. The van der Waals surface area contributed by atoms with Gasteiger partial charge in [0.2, 0.25) is 15.9 Å². The van der Waals surface area contributed by atoms with Crippen LogP contribution in [0.1, 0.15) is 5.56 Å². The van der Waals surface area contributed by atoms with Crippen molar-refractivity contribution in [3.8, 4) is 0 Å². The lowest BCUT2D eigenvalue weighted by Gasteiger charge is -2.11. The molecule has 2 aromatic carbocycles. The highest BCUT2D eigenvalue weighted by molar-refractivity contribution is 7.89. The first kappa shape index (κ1) is 19.3. The van der Waals surface area contributed by atoms with E-state index in [1.807, 2.05) is 0 Å². The summed E-state index contributed by atoms with van der Waals surface area (Å²) in [6, 6.07) is 11.6. The monoisotopic (exact) mass is 375 g/mol. The molecule has 0 fully saturated rings. The standard InChI is InChI=1S/C17H17N3O5S/c1-19(2)26(24,25)16-9-7-14(8-10-16)18-17(21)11-6-13-4-3-5-15(12-13)20(22)23/h3-12H,1-2H3,(H,18,21)/b11-6+. The van der Waals surface area contributed by atoms with Crippen LogP contribution in [0.4, 0.5) is 11.4 Å². The number of rotatable bonds is 6. The lowest BCUT2D eigenvalue weighted by Crippen LogP contribution is -2.22. The van der Waals surface area contributed by atoms with Gasteiger partial charge < -0.3 is 5.32 Å². The zero-order valence-corrected chi connectivity index (χ0v) is 14.9. The highest BCUT2D eigenvalue weighted by Gasteiger charge is 2.16. The molecule has 2 rings (SSSR count). The number of benzene rings is 2. The van der Waals surface area contributed by atoms with Gasteiger partial charge in [-0.05, 0) is 35.9 Å². The molecule has 136 valence electrons. The summed E-state index contributed by atoms with van der Waals surface area (Å²) >= 11 is 0. The summed E-state index contributed by atoms with van der Waals surface area (Å²) in [4.78, 5) is 22.3. The largest absolute Gasteiger partial charge is 0.323 e. The topological polar surface area (TPSA) is 110 Å². The molecule has 2 aromatic rings. The lowest BCUT2D eigenvalue weighted by atomic mass is 10.2. The summed E-state index contributed by atoms with van der Waals surface area (Å²) in [5.41, 5.74) is 0.878. The van der Waals surface area contributed by atoms with Crippen LogP contribution in [-0.2, 0) is 14.8 Å². The smallest absolute Gasteiger partial charge is 0.270 e. The summed E-state index contributed by atoms with van der Waals surface area (Å²) in [6.07, 6.45) is 2.69. The number of anilines is 1. The van der Waals surface area contributed by atoms with Crippen molar-refractivity contribution >= 4 is 33.4 Å². The Bertz CT molecular complexity index is 951. The Morgan fingerprint density at radius 2 is 1.81 bits per heavy atom. The maximum absolute atomic E-state index is 12.0. The highest BCUT2D eigenvalue weighted by atomic mass is 32.2. The molecule has 0 aliphatic rings. The van der Waals surface area contributed by atoms with E-state index in [9.17, 15) is 23.3 Å². The number of nitro groups is 1. The Morgan fingerprint density at radius 3 is 2.38 bits per heavy atom. The van der Waals surface area contributed by atoms with Crippen LogP contribution in [0.5, 0.6) is 0 Å². The van der Waals surface area contributed by atoms with Gasteiger partial charge in [0, 0.05) is 38.0 Å². The van der Waals surface area contributed by atoms with Crippen molar-refractivity contribution in [2.45, 2.75) is 4.90 Å². The maximum atomic E-state index is 12.0. The molecule has 26 heavy (non-hydrogen) atoms. The third kappa shape index (κ3) is 4.74. The van der Waals surface area contributed by atoms with Crippen molar-refractivity contribution in [2.24, 2.45) is 0 Å². The van der Waals surface area contributed by atoms with E-state index < -0.39 is 20.9 Å². The van der Waals surface area contributed by atoms with Gasteiger partial charge in [0.25, 0.3) is 5.69 Å². The van der Waals surface area contributed by atoms with Crippen LogP contribution in [-0.4, -0.2) is 37.6 Å². The van der Waals surface area contributed by atoms with E-state index in [1.54, 1.807) is 6.07 Å². The number of nitro benzene ring substituents is 1. The first-order chi connectivity index (χ1) is 12.2. The first-order valence-electron chi connectivity index (χ1n) is 7.46. The fourth-order valence-corrected chi connectivity index (χ4v) is 2.92. The molecule has 0 saturated heterocycles. The second-order valence-electron chi connectivity index (χ2n) is 5.49. The van der Waals surface area contributed by atoms with E-state index in [0.717, 1.165) is 4.31 Å². The summed E-state index contributed by atoms with van der Waals surface area (Å²) in [6.45, 7) is 0. The second kappa shape index (κ2) is 7.89. The Labute approximate surface area is 151 Å². The van der Waals surface area contributed by atoms with E-state index in [-0.39, 0.29) is 10.6 Å². The molecule has 1 amide bonds. The number of non-ortho nitro benzene ring substituents is 1. The van der Waals surface area contributed by atoms with Crippen LogP contribution in [0.25, 0.3) is 6.08 Å². The van der Waals surface area contributed by atoms with Gasteiger partial charge in [0.05, 0.1) is 9.82 Å². The van der Waals surface area contributed by atoms with Crippen LogP contribution in [0.15, 0.2) is 59.5 Å². The third-order valence-corrected chi connectivity index (χ3v) is 5.24. The van der Waals surface area contributed by atoms with Gasteiger partial charge in [0.15, 0.2) is 0 Å². The van der Waals surface area contributed by atoms with Gasteiger partial charge in [0.1, 0.15) is 0 Å². The second-order valence-corrected chi connectivity index (χ2v) is 7.64. The molecule has 0 atom stereocenters. The number of amides is 1. The van der Waals surface area contributed by atoms with Crippen LogP contribution in [0.3, 0.4) is 0 Å². The third-order valence-electron chi connectivity index (χ3n) is 3.41. The van der Waals surface area contributed by atoms with Crippen LogP contribution < -0.4 is 5.32 Å². The fraction of sp³-hybridized carbons (Fsp3) is 0.118. The number of nitrogens with one attached hydrogen (secondary N) is 1. The molecule has 9 heteroatoms. The van der Waals surface area contributed by atoms with Crippen LogP contribution >= 0.6 is 0 Å². The molecule has 0 aliphatic heterocycles. The summed E-state index contributed by atoms with van der Waals surface area (Å²) in [5, 5.41) is 13.3. The van der Waals surface area contributed by atoms with E-state index in [1.165, 1.54) is 68.7 Å². The molecular formula is C17H17N3O5S. The number of hydrogen-bond donors (Lipinski definition) is 1. The molecule has 0 saturated carbocycles. The van der Waals surface area contributed by atoms with E-state index >= 15 is 0 Å². The van der Waals surface area contributed by atoms with Gasteiger partial charge in [-0.2, -0.15) is 0 Å². The normalized spacial score (nSPS) is 11.7. The minimum Gasteiger partial charge on any atom is -0.323 e. The summed E-state index contributed by atoms with van der Waals surface area (Å²) in [5.74, 6) is -0.445. The zero-order chi connectivity index (χ0) is 19.3.